The molecule has 6 heteroatoms. The summed E-state index contributed by atoms with van der Waals surface area (Å²) < 4.78 is 10.3. The average molecular weight is 692 g/mol. The Morgan fingerprint density at radius 2 is 1.31 bits per heavy atom. The van der Waals surface area contributed by atoms with E-state index in [-0.39, 0.29) is 12.1 Å². The highest BCUT2D eigenvalue weighted by molar-refractivity contribution is 7.26. The Labute approximate surface area is 301 Å². The highest BCUT2D eigenvalue weighted by Crippen LogP contribution is 2.46. The topological polar surface area (TPSA) is 49.9 Å². The zero-order chi connectivity index (χ0) is 33.5. The number of furan rings is 1. The number of aliphatic imine (C=N–C) groups is 2. The number of fused-ring (bicyclic) bond motifs is 9. The Balaban J connectivity index is 1.02. The Kier molecular flexibility index (Phi) is 6.45. The minimum atomic E-state index is -0.286. The van der Waals surface area contributed by atoms with Crippen molar-refractivity contribution in [3.05, 3.63) is 161 Å². The van der Waals surface area contributed by atoms with Crippen molar-refractivity contribution in [2.24, 2.45) is 9.98 Å². The number of benzene rings is 6. The van der Waals surface area contributed by atoms with Gasteiger partial charge in [0, 0.05) is 63.0 Å². The molecular formula is C45H29N3OS2. The van der Waals surface area contributed by atoms with Crippen molar-refractivity contribution in [3.63, 3.8) is 0 Å². The Morgan fingerprint density at radius 1 is 0.569 bits per heavy atom. The number of para-hydroxylation sites is 1. The van der Waals surface area contributed by atoms with E-state index in [4.69, 9.17) is 14.4 Å². The fourth-order valence-corrected chi connectivity index (χ4v) is 10.4. The van der Waals surface area contributed by atoms with Crippen LogP contribution < -0.4 is 5.32 Å². The van der Waals surface area contributed by atoms with Gasteiger partial charge in [0.25, 0.3) is 0 Å². The minimum absolute atomic E-state index is 0.114. The van der Waals surface area contributed by atoms with Crippen LogP contribution in [0.25, 0.3) is 69.4 Å². The van der Waals surface area contributed by atoms with Gasteiger partial charge in [0.05, 0.1) is 0 Å². The van der Waals surface area contributed by atoms with Gasteiger partial charge in [0.2, 0.25) is 0 Å². The van der Waals surface area contributed by atoms with Crippen molar-refractivity contribution < 1.29 is 4.42 Å². The van der Waals surface area contributed by atoms with Gasteiger partial charge in [-0.05, 0) is 53.4 Å². The molecule has 0 spiro atoms. The predicted molar refractivity (Wildman–Crippen MR) is 217 cm³/mol. The van der Waals surface area contributed by atoms with Gasteiger partial charge >= 0.3 is 0 Å². The maximum absolute atomic E-state index is 6.28. The highest BCUT2D eigenvalue weighted by Gasteiger charge is 2.32. The third-order valence-electron chi connectivity index (χ3n) is 10.3. The van der Waals surface area contributed by atoms with Crippen LogP contribution in [0.5, 0.6) is 0 Å². The van der Waals surface area contributed by atoms with Crippen molar-refractivity contribution in [3.8, 4) is 11.1 Å². The molecule has 0 radical (unpaired) electrons. The number of amidine groups is 2. The quantitative estimate of drug-likeness (QED) is 0.200. The SMILES string of the molecule is C1=Cc2c(sc3cc(-c4cccc5c4sc4ccccc45)ccc23)[C@H](C2N=C(c3ccccc3)NC(c3ccc4c(c3)oc3ccccc34)=N2)C1. The van der Waals surface area contributed by atoms with E-state index in [1.807, 2.05) is 40.9 Å². The zero-order valence-electron chi connectivity index (χ0n) is 27.3. The first-order valence-electron chi connectivity index (χ1n) is 17.3. The molecule has 4 nitrogen and oxygen atoms in total. The molecule has 1 unspecified atom stereocenters. The van der Waals surface area contributed by atoms with Crippen LogP contribution >= 0.6 is 22.7 Å². The van der Waals surface area contributed by atoms with Gasteiger partial charge in [-0.25, -0.2) is 9.98 Å². The Bertz CT molecular complexity index is 2940. The molecule has 2 aliphatic rings. The lowest BCUT2D eigenvalue weighted by Crippen LogP contribution is -2.39. The fourth-order valence-electron chi connectivity index (χ4n) is 7.83. The van der Waals surface area contributed by atoms with E-state index in [9.17, 15) is 0 Å². The molecular weight excluding hydrogens is 663 g/mol. The molecule has 1 N–H and O–H groups in total. The van der Waals surface area contributed by atoms with Crippen LogP contribution in [-0.2, 0) is 0 Å². The summed E-state index contributed by atoms with van der Waals surface area (Å²) in [4.78, 5) is 12.0. The summed E-state index contributed by atoms with van der Waals surface area (Å²) in [6, 6.07) is 47.4. The van der Waals surface area contributed by atoms with Gasteiger partial charge in [-0.1, -0.05) is 115 Å². The minimum Gasteiger partial charge on any atom is -0.456 e. The third kappa shape index (κ3) is 4.64. The molecule has 6 aromatic carbocycles. The van der Waals surface area contributed by atoms with Crippen molar-refractivity contribution in [2.75, 3.05) is 0 Å². The second-order valence-corrected chi connectivity index (χ2v) is 15.4. The second kappa shape index (κ2) is 11.4. The van der Waals surface area contributed by atoms with Crippen LogP contribution in [0.1, 0.15) is 33.9 Å². The van der Waals surface area contributed by atoms with Crippen LogP contribution in [0.4, 0.5) is 0 Å². The lowest BCUT2D eigenvalue weighted by Gasteiger charge is -2.28. The average Bonchev–Trinajstić information content (AvgIpc) is 3.88. The summed E-state index contributed by atoms with van der Waals surface area (Å²) in [6.07, 6.45) is 5.20. The highest BCUT2D eigenvalue weighted by atomic mass is 32.1. The molecule has 11 rings (SSSR count). The molecule has 0 saturated heterocycles. The van der Waals surface area contributed by atoms with Gasteiger partial charge in [0.1, 0.15) is 22.8 Å². The van der Waals surface area contributed by atoms with Crippen LogP contribution in [0.3, 0.4) is 0 Å². The van der Waals surface area contributed by atoms with Gasteiger partial charge < -0.3 is 9.73 Å². The maximum atomic E-state index is 6.28. The second-order valence-electron chi connectivity index (χ2n) is 13.3. The maximum Gasteiger partial charge on any atom is 0.152 e. The summed E-state index contributed by atoms with van der Waals surface area (Å²) in [5.41, 5.74) is 7.62. The standard InChI is InChI=1S/C45H29N3OS2/c1-2-10-26(11-3-1)43-46-44(28-21-22-31-30-12-4-6-18-37(30)49-38(31)24-28)48-45(47-43)36-17-9-16-35-33-23-20-27(25-40(33)51-42(35)36)29-14-8-15-34-32-13-5-7-19-39(32)50-41(29)34/h1-16,18-25,36,45H,17H2,(H,46,47,48)/t36-,45?/m1/s1. The van der Waals surface area contributed by atoms with E-state index in [1.165, 1.54) is 51.8 Å². The normalized spacial score (nSPS) is 17.3. The largest absolute Gasteiger partial charge is 0.456 e. The first-order valence-corrected chi connectivity index (χ1v) is 18.9. The molecule has 0 fully saturated rings. The lowest BCUT2D eigenvalue weighted by molar-refractivity contribution is 0.555. The van der Waals surface area contributed by atoms with Crippen LogP contribution in [0, 0.1) is 0 Å². The molecule has 1 aliphatic carbocycles. The van der Waals surface area contributed by atoms with Gasteiger partial charge in [-0.3, -0.25) is 0 Å². The first kappa shape index (κ1) is 29.0. The monoisotopic (exact) mass is 691 g/mol. The summed E-state index contributed by atoms with van der Waals surface area (Å²) in [7, 11) is 0. The number of hydrogen-bond acceptors (Lipinski definition) is 6. The van der Waals surface area contributed by atoms with E-state index in [2.05, 4.69) is 133 Å². The first-order chi connectivity index (χ1) is 25.2. The van der Waals surface area contributed by atoms with Gasteiger partial charge in [-0.2, -0.15) is 0 Å². The molecule has 1 aliphatic heterocycles. The predicted octanol–water partition coefficient (Wildman–Crippen LogP) is 12.2. The molecule has 0 saturated carbocycles. The summed E-state index contributed by atoms with van der Waals surface area (Å²) in [5.74, 6) is 1.76. The van der Waals surface area contributed by atoms with E-state index in [0.717, 1.165) is 51.2 Å². The van der Waals surface area contributed by atoms with Crippen LogP contribution in [-0.4, -0.2) is 17.8 Å². The zero-order valence-corrected chi connectivity index (χ0v) is 29.0. The number of nitrogens with zero attached hydrogens (tertiary/aromatic N) is 2. The molecule has 0 amide bonds. The van der Waals surface area contributed by atoms with Crippen molar-refractivity contribution in [1.29, 1.82) is 0 Å². The number of rotatable bonds is 4. The van der Waals surface area contributed by atoms with E-state index < -0.39 is 0 Å². The van der Waals surface area contributed by atoms with Crippen molar-refractivity contribution in [2.45, 2.75) is 18.5 Å². The molecule has 2 atom stereocenters. The number of nitrogens with one attached hydrogen (secondary N) is 1. The molecule has 0 bridgehead atoms. The van der Waals surface area contributed by atoms with E-state index in [1.54, 1.807) is 0 Å². The fraction of sp³-hybridized carbons (Fsp3) is 0.0667. The van der Waals surface area contributed by atoms with E-state index >= 15 is 0 Å². The molecule has 242 valence electrons. The molecule has 51 heavy (non-hydrogen) atoms. The van der Waals surface area contributed by atoms with Crippen LogP contribution in [0.2, 0.25) is 0 Å². The summed E-state index contributed by atoms with van der Waals surface area (Å²) >= 11 is 3.78. The van der Waals surface area contributed by atoms with Gasteiger partial charge in [0.15, 0.2) is 6.17 Å². The lowest BCUT2D eigenvalue weighted by atomic mass is 9.90. The molecule has 4 heterocycles. The van der Waals surface area contributed by atoms with Crippen molar-refractivity contribution >= 4 is 92.6 Å². The van der Waals surface area contributed by atoms with Crippen molar-refractivity contribution in [1.82, 2.24) is 5.32 Å². The third-order valence-corrected chi connectivity index (χ3v) is 12.8. The summed E-state index contributed by atoms with van der Waals surface area (Å²) in [6.45, 7) is 0. The van der Waals surface area contributed by atoms with E-state index in [0.29, 0.717) is 0 Å². The molecule has 3 aromatic heterocycles. The Hall–Kier alpha value is -5.82. The Morgan fingerprint density at radius 3 is 2.24 bits per heavy atom. The summed E-state index contributed by atoms with van der Waals surface area (Å²) in [5, 5.41) is 9.78. The number of allylic oxidation sites excluding steroid dienone is 1. The van der Waals surface area contributed by atoms with Crippen LogP contribution in [0.15, 0.2) is 154 Å². The smallest absolute Gasteiger partial charge is 0.152 e. The number of hydrogen-bond donors (Lipinski definition) is 1. The molecule has 9 aromatic rings. The van der Waals surface area contributed by atoms with Gasteiger partial charge in [-0.15, -0.1) is 22.7 Å². The number of thiophene rings is 2.